The number of hydrogen-bond donors (Lipinski definition) is 1. The van der Waals surface area contributed by atoms with E-state index >= 15 is 0 Å². The Bertz CT molecular complexity index is 866. The quantitative estimate of drug-likeness (QED) is 0.375. The van der Waals surface area contributed by atoms with Crippen molar-refractivity contribution in [2.75, 3.05) is 6.61 Å². The Morgan fingerprint density at radius 3 is 2.21 bits per heavy atom. The third kappa shape index (κ3) is 5.28. The van der Waals surface area contributed by atoms with Crippen molar-refractivity contribution in [2.24, 2.45) is 0 Å². The van der Waals surface area contributed by atoms with E-state index in [-0.39, 0.29) is 42.7 Å². The van der Waals surface area contributed by atoms with E-state index in [1.165, 1.54) is 24.3 Å². The summed E-state index contributed by atoms with van der Waals surface area (Å²) >= 11 is 0. The molecule has 2 aromatic carbocycles. The molecular formula is C22H24F4O3. The average molecular weight is 412 g/mol. The Balaban J connectivity index is 2.10. The lowest BCUT2D eigenvalue weighted by Crippen LogP contribution is -2.06. The van der Waals surface area contributed by atoms with E-state index in [0.29, 0.717) is 18.4 Å². The van der Waals surface area contributed by atoms with E-state index in [1.807, 2.05) is 6.92 Å². The molecule has 7 heteroatoms. The molecule has 0 atom stereocenters. The molecule has 1 N–H and O–H groups in total. The Labute approximate surface area is 167 Å². The summed E-state index contributed by atoms with van der Waals surface area (Å²) < 4.78 is 59.8. The number of ether oxygens (including phenoxy) is 1. The average Bonchev–Trinajstić information content (AvgIpc) is 2.67. The normalized spacial score (nSPS) is 11.1. The van der Waals surface area contributed by atoms with Crippen LogP contribution in [0.1, 0.15) is 66.6 Å². The molecule has 158 valence electrons. The van der Waals surface area contributed by atoms with Gasteiger partial charge in [0, 0.05) is 6.42 Å². The van der Waals surface area contributed by atoms with E-state index in [2.05, 4.69) is 0 Å². The molecule has 0 unspecified atom stereocenters. The zero-order valence-corrected chi connectivity index (χ0v) is 16.4. The first-order valence-electron chi connectivity index (χ1n) is 9.57. The van der Waals surface area contributed by atoms with Gasteiger partial charge < -0.3 is 9.84 Å². The molecule has 2 aromatic rings. The molecule has 0 aliphatic rings. The van der Waals surface area contributed by atoms with Crippen molar-refractivity contribution in [2.45, 2.75) is 52.4 Å². The maximum absolute atomic E-state index is 14.2. The molecule has 0 aliphatic carbocycles. The first-order valence-corrected chi connectivity index (χ1v) is 9.57. The second-order valence-electron chi connectivity index (χ2n) is 6.65. The van der Waals surface area contributed by atoms with Crippen LogP contribution >= 0.6 is 0 Å². The number of alkyl halides is 2. The molecule has 0 radical (unpaired) electrons. The van der Waals surface area contributed by atoms with Gasteiger partial charge in [-0.15, -0.1) is 0 Å². The van der Waals surface area contributed by atoms with Gasteiger partial charge in [-0.25, -0.2) is 17.6 Å². The van der Waals surface area contributed by atoms with Crippen LogP contribution < -0.4 is 4.74 Å². The van der Waals surface area contributed by atoms with E-state index in [1.54, 1.807) is 6.92 Å². The number of rotatable bonds is 10. The molecule has 0 saturated heterocycles. The van der Waals surface area contributed by atoms with Gasteiger partial charge in [-0.1, -0.05) is 25.5 Å². The first-order chi connectivity index (χ1) is 13.8. The van der Waals surface area contributed by atoms with E-state index in [9.17, 15) is 27.5 Å². The SMILES string of the molecule is CCCc1ccc(CCCC(=O)c2ccc(OCC)c(C(F)F)c2O)c(F)c1F. The molecule has 29 heavy (non-hydrogen) atoms. The van der Waals surface area contributed by atoms with Gasteiger partial charge in [-0.3, -0.25) is 4.79 Å². The number of hydrogen-bond acceptors (Lipinski definition) is 3. The number of aromatic hydroxyl groups is 1. The molecule has 2 rings (SSSR count). The molecule has 0 bridgehead atoms. The number of ketones is 1. The fraction of sp³-hybridized carbons (Fsp3) is 0.409. The molecular weight excluding hydrogens is 388 g/mol. The van der Waals surface area contributed by atoms with Crippen molar-refractivity contribution in [3.8, 4) is 11.5 Å². The number of phenolic OH excluding ortho intramolecular Hbond substituents is 1. The van der Waals surface area contributed by atoms with Gasteiger partial charge >= 0.3 is 0 Å². The lowest BCUT2D eigenvalue weighted by atomic mass is 9.98. The minimum Gasteiger partial charge on any atom is -0.507 e. The fourth-order valence-corrected chi connectivity index (χ4v) is 3.17. The van der Waals surface area contributed by atoms with Crippen molar-refractivity contribution in [3.63, 3.8) is 0 Å². The molecule has 0 saturated carbocycles. The fourth-order valence-electron chi connectivity index (χ4n) is 3.17. The van der Waals surface area contributed by atoms with Crippen LogP contribution in [0.5, 0.6) is 11.5 Å². The lowest BCUT2D eigenvalue weighted by molar-refractivity contribution is 0.0975. The number of aryl methyl sites for hydroxylation is 2. The number of phenols is 1. The van der Waals surface area contributed by atoms with Crippen molar-refractivity contribution in [3.05, 3.63) is 58.2 Å². The minimum atomic E-state index is -3.01. The number of Topliss-reactive ketones (excluding diaryl/α,β-unsaturated/α-hetero) is 1. The molecule has 0 fully saturated rings. The number of benzene rings is 2. The summed E-state index contributed by atoms with van der Waals surface area (Å²) in [4.78, 5) is 12.4. The standard InChI is InChI=1S/C22H24F4O3/c1-3-6-13-9-10-14(20(24)19(13)23)7-5-8-16(27)15-11-12-17(29-4-2)18(21(15)28)22(25)26/h9-12,22,28H,3-8H2,1-2H3. The van der Waals surface area contributed by atoms with Gasteiger partial charge in [0.05, 0.1) is 12.2 Å². The van der Waals surface area contributed by atoms with Crippen LogP contribution in [0.15, 0.2) is 24.3 Å². The highest BCUT2D eigenvalue weighted by Gasteiger charge is 2.24. The Kier molecular flexibility index (Phi) is 8.05. The second-order valence-corrected chi connectivity index (χ2v) is 6.65. The Morgan fingerprint density at radius 2 is 1.66 bits per heavy atom. The smallest absolute Gasteiger partial charge is 0.271 e. The van der Waals surface area contributed by atoms with Crippen molar-refractivity contribution in [1.29, 1.82) is 0 Å². The second kappa shape index (κ2) is 10.3. The summed E-state index contributed by atoms with van der Waals surface area (Å²) in [6.07, 6.45) is -1.70. The summed E-state index contributed by atoms with van der Waals surface area (Å²) in [6.45, 7) is 3.61. The highest BCUT2D eigenvalue weighted by Crippen LogP contribution is 2.39. The first kappa shape index (κ1) is 22.7. The zero-order valence-electron chi connectivity index (χ0n) is 16.4. The molecule has 0 spiro atoms. The van der Waals surface area contributed by atoms with Crippen LogP contribution in [-0.2, 0) is 12.8 Å². The van der Waals surface area contributed by atoms with Crippen LogP contribution in [-0.4, -0.2) is 17.5 Å². The van der Waals surface area contributed by atoms with Crippen LogP contribution in [0.4, 0.5) is 17.6 Å². The lowest BCUT2D eigenvalue weighted by Gasteiger charge is -2.14. The summed E-state index contributed by atoms with van der Waals surface area (Å²) in [5.41, 5.74) is -0.506. The molecule has 0 aliphatic heterocycles. The maximum Gasteiger partial charge on any atom is 0.271 e. The van der Waals surface area contributed by atoms with Crippen molar-refractivity contribution in [1.82, 2.24) is 0 Å². The summed E-state index contributed by atoms with van der Waals surface area (Å²) in [7, 11) is 0. The topological polar surface area (TPSA) is 46.5 Å². The largest absolute Gasteiger partial charge is 0.507 e. The summed E-state index contributed by atoms with van der Waals surface area (Å²) in [6, 6.07) is 5.48. The highest BCUT2D eigenvalue weighted by molar-refractivity contribution is 5.99. The van der Waals surface area contributed by atoms with Crippen LogP contribution in [0, 0.1) is 11.6 Å². The van der Waals surface area contributed by atoms with E-state index < -0.39 is 35.2 Å². The number of halogens is 4. The van der Waals surface area contributed by atoms with Gasteiger partial charge in [-0.05, 0) is 49.4 Å². The Morgan fingerprint density at radius 1 is 1.03 bits per heavy atom. The number of carbonyl (C=O) groups excluding carboxylic acids is 1. The third-order valence-electron chi connectivity index (χ3n) is 4.61. The predicted octanol–water partition coefficient (Wildman–Crippen LogP) is 6.16. The van der Waals surface area contributed by atoms with Crippen LogP contribution in [0.2, 0.25) is 0 Å². The van der Waals surface area contributed by atoms with Crippen molar-refractivity contribution >= 4 is 5.78 Å². The molecule has 3 nitrogen and oxygen atoms in total. The van der Waals surface area contributed by atoms with Gasteiger partial charge in [0.15, 0.2) is 17.4 Å². The van der Waals surface area contributed by atoms with Gasteiger partial charge in [-0.2, -0.15) is 0 Å². The van der Waals surface area contributed by atoms with E-state index in [0.717, 1.165) is 0 Å². The van der Waals surface area contributed by atoms with Crippen LogP contribution in [0.25, 0.3) is 0 Å². The predicted molar refractivity (Wildman–Crippen MR) is 102 cm³/mol. The summed E-state index contributed by atoms with van der Waals surface area (Å²) in [5, 5.41) is 10.1. The third-order valence-corrected chi connectivity index (χ3v) is 4.61. The monoisotopic (exact) mass is 412 g/mol. The van der Waals surface area contributed by atoms with Crippen LogP contribution in [0.3, 0.4) is 0 Å². The highest BCUT2D eigenvalue weighted by atomic mass is 19.3. The van der Waals surface area contributed by atoms with E-state index in [4.69, 9.17) is 4.74 Å². The van der Waals surface area contributed by atoms with Gasteiger partial charge in [0.1, 0.15) is 17.1 Å². The van der Waals surface area contributed by atoms with Gasteiger partial charge in [0.2, 0.25) is 0 Å². The molecule has 0 amide bonds. The molecule has 0 heterocycles. The minimum absolute atomic E-state index is 0.109. The number of carbonyl (C=O) groups is 1. The Hall–Kier alpha value is -2.57. The van der Waals surface area contributed by atoms with Crippen molar-refractivity contribution < 1.29 is 32.2 Å². The van der Waals surface area contributed by atoms with Gasteiger partial charge in [0.25, 0.3) is 6.43 Å². The maximum atomic E-state index is 14.2. The summed E-state index contributed by atoms with van der Waals surface area (Å²) in [5.74, 6) is -3.34. The zero-order chi connectivity index (χ0) is 21.6. The molecule has 0 aromatic heterocycles.